The number of carboxylic acids is 2. The van der Waals surface area contributed by atoms with Gasteiger partial charge >= 0.3 is 17.9 Å². The van der Waals surface area contributed by atoms with Gasteiger partial charge in [0.2, 0.25) is 0 Å². The van der Waals surface area contributed by atoms with Gasteiger partial charge in [0.15, 0.2) is 19.8 Å². The standard InChI is InChI=1S/C29H29Cl2N5O5.C25H21Cl2N5O5.C24H21Cl2N5O5/c1-2-40-25(37)17-41-23-15-21(31)14-22(29(39)34-24-11-10-20(30)16-33-24)26(23)35-28(38)19-8-6-18(7-9-19)27(32)36-12-4-3-5-13-36;1-32-9-8-28-23(32)14-2-4-15(5-3-14)24(35)31-22-18(10-17(27)11-19(22)37-13-21(33)34)25(36)30-20-7-6-16(26)12-29-20;1-31(2)22(27)13-3-5-14(6-4-13)23(34)30-21-17(9-16(26)10-18(21)36-12-20(32)33)24(35)29-19-8-7-15(25)11-28-19/h6-11,14-16,32H,2-5,12-13,17H2,1H3,(H,35,38)(H,33,34,39);2-7,10-12H,8-9,13H2,1H3,(H,31,35)(H,33,34)(H,29,30,36);3-11,27H,12H2,1-2H3,(H,30,34)(H,32,33)(H,28,29,35). The highest BCUT2D eigenvalue weighted by molar-refractivity contribution is 6.34. The summed E-state index contributed by atoms with van der Waals surface area (Å²) in [5, 5.41) is 51.9. The number of piperidine rings is 1. The Hall–Kier alpha value is -12.5. The lowest BCUT2D eigenvalue weighted by molar-refractivity contribution is -0.145. The number of amides is 6. The smallest absolute Gasteiger partial charge is 0.344 e. The Morgan fingerprint density at radius 1 is 0.447 bits per heavy atom. The molecular weight excluding hydrogens is 1600 g/mol. The molecule has 6 aromatic carbocycles. The van der Waals surface area contributed by atoms with Gasteiger partial charge in [-0.1, -0.05) is 106 Å². The van der Waals surface area contributed by atoms with Crippen molar-refractivity contribution in [3.8, 4) is 17.2 Å². The number of carbonyl (C=O) groups excluding carboxylic acids is 7. The lowest BCUT2D eigenvalue weighted by atomic mass is 10.1. The van der Waals surface area contributed by atoms with Crippen molar-refractivity contribution < 1.29 is 72.3 Å². The van der Waals surface area contributed by atoms with Crippen LogP contribution in [0.2, 0.25) is 30.1 Å². The zero-order valence-corrected chi connectivity index (χ0v) is 65.5. The molecule has 114 heavy (non-hydrogen) atoms. The van der Waals surface area contributed by atoms with E-state index in [1.807, 2.05) is 16.8 Å². The van der Waals surface area contributed by atoms with E-state index < -0.39 is 73.2 Å². The number of aliphatic carboxylic acids is 2. The van der Waals surface area contributed by atoms with Gasteiger partial charge in [0, 0.05) is 126 Å². The van der Waals surface area contributed by atoms with Crippen LogP contribution < -0.4 is 46.1 Å². The Bertz CT molecular complexity index is 5120. The average molecular weight is 1670 g/mol. The summed E-state index contributed by atoms with van der Waals surface area (Å²) in [6, 6.07) is 36.8. The number of aliphatic imine (C=N–C) groups is 1. The number of amidine groups is 3. The summed E-state index contributed by atoms with van der Waals surface area (Å²) in [6.07, 6.45) is 7.34. The van der Waals surface area contributed by atoms with E-state index in [4.69, 9.17) is 110 Å². The topological polar surface area (TPSA) is 412 Å². The summed E-state index contributed by atoms with van der Waals surface area (Å²) in [7, 11) is 5.40. The van der Waals surface area contributed by atoms with E-state index in [0.29, 0.717) is 44.1 Å². The van der Waals surface area contributed by atoms with Crippen LogP contribution in [0.3, 0.4) is 0 Å². The third-order valence-corrected chi connectivity index (χ3v) is 17.7. The summed E-state index contributed by atoms with van der Waals surface area (Å²) >= 11 is 36.2. The fraction of sp³-hybridized carbons (Fsp3) is 0.192. The number of halogens is 6. The van der Waals surface area contributed by atoms with Crippen molar-refractivity contribution in [2.45, 2.75) is 26.2 Å². The molecule has 36 heteroatoms. The zero-order valence-electron chi connectivity index (χ0n) is 61.0. The first-order chi connectivity index (χ1) is 54.5. The number of likely N-dealkylation sites (tertiary alicyclic amines) is 1. The molecule has 9 aromatic rings. The number of pyridine rings is 3. The second-order valence-corrected chi connectivity index (χ2v) is 27.4. The molecule has 0 spiro atoms. The minimum absolute atomic E-state index is 0.000276. The molecular formula is C78H71Cl6N15O15. The fourth-order valence-corrected chi connectivity index (χ4v) is 11.8. The second kappa shape index (κ2) is 40.7. The molecule has 6 amide bonds. The number of hydrogen-bond acceptors (Lipinski definition) is 20. The van der Waals surface area contributed by atoms with Gasteiger partial charge in [-0.3, -0.25) is 44.6 Å². The van der Waals surface area contributed by atoms with Crippen molar-refractivity contribution in [2.75, 3.05) is 106 Å². The molecule has 3 aromatic heterocycles. The lowest BCUT2D eigenvalue weighted by Gasteiger charge is -2.29. The number of carbonyl (C=O) groups is 9. The number of nitrogens with zero attached hydrogens (tertiary/aromatic N) is 7. The number of ether oxygens (including phenoxy) is 4. The van der Waals surface area contributed by atoms with Crippen molar-refractivity contribution in [3.63, 3.8) is 0 Å². The molecule has 5 heterocycles. The van der Waals surface area contributed by atoms with Crippen LogP contribution >= 0.6 is 69.6 Å². The molecule has 0 saturated carbocycles. The van der Waals surface area contributed by atoms with E-state index in [1.165, 1.54) is 91.4 Å². The molecule has 1 fully saturated rings. The van der Waals surface area contributed by atoms with Crippen LogP contribution in [0.4, 0.5) is 34.5 Å². The molecule has 10 N–H and O–H groups in total. The van der Waals surface area contributed by atoms with Gasteiger partial charge < -0.3 is 75.8 Å². The Morgan fingerprint density at radius 2 is 0.807 bits per heavy atom. The minimum atomic E-state index is -1.26. The summed E-state index contributed by atoms with van der Waals surface area (Å²) in [6.45, 7) is 3.11. The van der Waals surface area contributed by atoms with Crippen molar-refractivity contribution >= 4 is 175 Å². The number of esters is 1. The Balaban J connectivity index is 0.000000196. The molecule has 1 saturated heterocycles. The van der Waals surface area contributed by atoms with Crippen LogP contribution in [0.15, 0.2) is 169 Å². The number of rotatable bonds is 25. The lowest BCUT2D eigenvalue weighted by Crippen LogP contribution is -2.35. The van der Waals surface area contributed by atoms with Gasteiger partial charge in [0.1, 0.15) is 52.2 Å². The van der Waals surface area contributed by atoms with Crippen LogP contribution in [-0.4, -0.2) is 184 Å². The molecule has 590 valence electrons. The van der Waals surface area contributed by atoms with E-state index >= 15 is 0 Å². The highest BCUT2D eigenvalue weighted by Crippen LogP contribution is 2.38. The molecule has 2 aliphatic rings. The van der Waals surface area contributed by atoms with E-state index in [0.717, 1.165) is 50.3 Å². The van der Waals surface area contributed by atoms with E-state index in [2.05, 4.69) is 51.8 Å². The molecule has 0 atom stereocenters. The first kappa shape index (κ1) is 85.5. The normalized spacial score (nSPS) is 12.0. The molecule has 0 radical (unpaired) electrons. The van der Waals surface area contributed by atoms with Crippen LogP contribution in [-0.2, 0) is 19.1 Å². The molecule has 0 aliphatic carbocycles. The molecule has 0 bridgehead atoms. The summed E-state index contributed by atoms with van der Waals surface area (Å²) in [5.41, 5.74) is 2.69. The highest BCUT2D eigenvalue weighted by Gasteiger charge is 2.27. The number of carboxylic acid groups (broad SMARTS) is 2. The van der Waals surface area contributed by atoms with Crippen LogP contribution in [0.25, 0.3) is 0 Å². The average Bonchev–Trinajstić information content (AvgIpc) is 0.868. The largest absolute Gasteiger partial charge is 0.480 e. The maximum absolute atomic E-state index is 13.3. The van der Waals surface area contributed by atoms with Gasteiger partial charge in [0.25, 0.3) is 35.4 Å². The predicted molar refractivity (Wildman–Crippen MR) is 434 cm³/mol. The minimum Gasteiger partial charge on any atom is -0.480 e. The maximum atomic E-state index is 13.3. The summed E-state index contributed by atoms with van der Waals surface area (Å²) < 4.78 is 21.2. The van der Waals surface area contributed by atoms with Gasteiger partial charge in [-0.05, 0) is 117 Å². The van der Waals surface area contributed by atoms with Crippen molar-refractivity contribution in [1.82, 2.24) is 29.7 Å². The predicted octanol–water partition coefficient (Wildman–Crippen LogP) is 13.9. The molecule has 30 nitrogen and oxygen atoms in total. The van der Waals surface area contributed by atoms with Gasteiger partial charge in [-0.2, -0.15) is 0 Å². The quantitative estimate of drug-likeness (QED) is 0.0144. The van der Waals surface area contributed by atoms with Gasteiger partial charge in [-0.25, -0.2) is 29.3 Å². The number of likely N-dealkylation sites (N-methyl/N-ethyl adjacent to an activating group) is 1. The third-order valence-electron chi connectivity index (χ3n) is 16.3. The van der Waals surface area contributed by atoms with Crippen molar-refractivity contribution in [3.05, 3.63) is 244 Å². The third kappa shape index (κ3) is 24.3. The molecule has 0 unspecified atom stereocenters. The second-order valence-electron chi connectivity index (χ2n) is 24.7. The fourth-order valence-electron chi connectivity index (χ4n) is 10.8. The number of aromatic nitrogens is 3. The molecule has 2 aliphatic heterocycles. The van der Waals surface area contributed by atoms with E-state index in [-0.39, 0.29) is 107 Å². The number of anilines is 6. The maximum Gasteiger partial charge on any atom is 0.344 e. The van der Waals surface area contributed by atoms with Crippen molar-refractivity contribution in [1.29, 1.82) is 10.8 Å². The van der Waals surface area contributed by atoms with Crippen LogP contribution in [0, 0.1) is 10.8 Å². The Morgan fingerprint density at radius 3 is 1.14 bits per heavy atom. The monoisotopic (exact) mass is 1670 g/mol. The zero-order chi connectivity index (χ0) is 82.3. The SMILES string of the molecule is CCOC(=O)COc1cc(Cl)cc(C(=O)Nc2ccc(Cl)cn2)c1NC(=O)c1ccc(C(=N)N2CCCCC2)cc1.CN(C)C(=N)c1ccc(C(=O)Nc2c(OCC(=O)O)cc(Cl)cc2C(=O)Nc2ccc(Cl)cn2)cc1.CN1CCN=C1c1ccc(C(=O)Nc2c(OCC(=O)O)cc(Cl)cc2C(=O)Nc2ccc(Cl)cn2)cc1. The first-order valence-electron chi connectivity index (χ1n) is 34.4. The Kier molecular flexibility index (Phi) is 30.5. The van der Waals surface area contributed by atoms with Gasteiger partial charge in [-0.15, -0.1) is 0 Å². The van der Waals surface area contributed by atoms with E-state index in [1.54, 1.807) is 98.7 Å². The summed E-state index contributed by atoms with van der Waals surface area (Å²) in [4.78, 5) is 135. The van der Waals surface area contributed by atoms with Crippen LogP contribution in [0.1, 0.15) is 105 Å². The number of hydrogen-bond donors (Lipinski definition) is 10. The van der Waals surface area contributed by atoms with Gasteiger partial charge in [0.05, 0.1) is 62.0 Å². The summed E-state index contributed by atoms with van der Waals surface area (Å²) in [5.74, 6) is -4.88. The number of nitrogens with one attached hydrogen (secondary N) is 8. The number of benzene rings is 6. The Labute approximate surface area is 682 Å². The van der Waals surface area contributed by atoms with Crippen LogP contribution in [0.5, 0.6) is 17.2 Å². The highest BCUT2D eigenvalue weighted by atomic mass is 35.5. The first-order valence-corrected chi connectivity index (χ1v) is 36.6. The van der Waals surface area contributed by atoms with Crippen molar-refractivity contribution in [2.24, 2.45) is 4.99 Å². The molecule has 11 rings (SSSR count). The van der Waals surface area contributed by atoms with E-state index in [9.17, 15) is 43.2 Å².